The van der Waals surface area contributed by atoms with Gasteiger partial charge in [0.1, 0.15) is 29.1 Å². The highest BCUT2D eigenvalue weighted by Crippen LogP contribution is 2.37. The Morgan fingerprint density at radius 3 is 2.66 bits per heavy atom. The van der Waals surface area contributed by atoms with E-state index in [1.165, 1.54) is 0 Å². The number of benzene rings is 1. The molecule has 198 valence electrons. The number of pyridine rings is 1. The quantitative estimate of drug-likeness (QED) is 0.335. The van der Waals surface area contributed by atoms with Crippen molar-refractivity contribution in [2.24, 2.45) is 13.0 Å². The first-order valence-electron chi connectivity index (χ1n) is 13.4. The highest BCUT2D eigenvalue weighted by Gasteiger charge is 2.30. The first-order chi connectivity index (χ1) is 18.4. The minimum atomic E-state index is -0.0982. The zero-order chi connectivity index (χ0) is 26.4. The van der Waals surface area contributed by atoms with E-state index in [0.717, 1.165) is 89.6 Å². The molecule has 9 nitrogen and oxygen atoms in total. The van der Waals surface area contributed by atoms with Gasteiger partial charge < -0.3 is 14.8 Å². The molecule has 1 saturated carbocycles. The van der Waals surface area contributed by atoms with E-state index < -0.39 is 0 Å². The van der Waals surface area contributed by atoms with Crippen molar-refractivity contribution in [3.05, 3.63) is 47.5 Å². The third kappa shape index (κ3) is 4.67. The normalized spacial score (nSPS) is 17.6. The van der Waals surface area contributed by atoms with E-state index >= 15 is 0 Å². The molecule has 0 bridgehead atoms. The largest absolute Gasteiger partial charge is 0.495 e. The molecule has 4 aromatic rings. The number of Topliss-reactive ketones (excluding diaryl/α,β-unsaturated/α-hetero) is 1. The number of aryl methyl sites for hydroxylation is 3. The fourth-order valence-electron chi connectivity index (χ4n) is 5.39. The Morgan fingerprint density at radius 2 is 1.97 bits per heavy atom. The Kier molecular flexibility index (Phi) is 6.39. The van der Waals surface area contributed by atoms with Gasteiger partial charge in [0.25, 0.3) is 0 Å². The summed E-state index contributed by atoms with van der Waals surface area (Å²) >= 11 is 0. The Morgan fingerprint density at radius 1 is 1.13 bits per heavy atom. The van der Waals surface area contributed by atoms with Crippen LogP contribution in [0.2, 0.25) is 0 Å². The summed E-state index contributed by atoms with van der Waals surface area (Å²) in [6.45, 7) is 4.77. The summed E-state index contributed by atoms with van der Waals surface area (Å²) in [5.41, 5.74) is 6.85. The summed E-state index contributed by atoms with van der Waals surface area (Å²) < 4.78 is 15.8. The minimum absolute atomic E-state index is 0.0982. The van der Waals surface area contributed by atoms with Crippen molar-refractivity contribution in [1.82, 2.24) is 24.3 Å². The van der Waals surface area contributed by atoms with Crippen molar-refractivity contribution < 1.29 is 14.3 Å². The fourth-order valence-corrected chi connectivity index (χ4v) is 5.39. The van der Waals surface area contributed by atoms with Gasteiger partial charge in [-0.2, -0.15) is 5.10 Å². The standard InChI is InChI=1S/C29H34N6O3/c1-17-16-34(3)33-27(17)20-10-11-22(25(13-20)37-4)32-23-14-21(15-24(36)19-8-9-19)31-29-28(23)30-18(2)35(29)26-7-5-6-12-38-26/h10-11,13-14,16,19,26H,5-9,12,15H2,1-4H3,(H,31,32). The summed E-state index contributed by atoms with van der Waals surface area (Å²) in [5.74, 6) is 1.98. The molecule has 1 aromatic carbocycles. The zero-order valence-electron chi connectivity index (χ0n) is 22.5. The molecule has 4 heterocycles. The van der Waals surface area contributed by atoms with Crippen LogP contribution in [0.5, 0.6) is 5.75 Å². The molecule has 1 aliphatic carbocycles. The van der Waals surface area contributed by atoms with Crippen LogP contribution in [-0.2, 0) is 23.0 Å². The number of imidazole rings is 1. The molecule has 1 unspecified atom stereocenters. The van der Waals surface area contributed by atoms with Gasteiger partial charge in [-0.1, -0.05) is 6.07 Å². The number of nitrogens with zero attached hydrogens (tertiary/aromatic N) is 5. The molecule has 1 saturated heterocycles. The molecule has 6 rings (SSSR count). The van der Waals surface area contributed by atoms with Crippen LogP contribution in [0.4, 0.5) is 11.4 Å². The first-order valence-corrected chi connectivity index (χ1v) is 13.4. The van der Waals surface area contributed by atoms with Crippen LogP contribution in [0.15, 0.2) is 30.5 Å². The lowest BCUT2D eigenvalue weighted by Crippen LogP contribution is -2.19. The number of hydrogen-bond acceptors (Lipinski definition) is 7. The predicted molar refractivity (Wildman–Crippen MR) is 146 cm³/mol. The molecule has 9 heteroatoms. The summed E-state index contributed by atoms with van der Waals surface area (Å²) in [7, 11) is 3.58. The predicted octanol–water partition coefficient (Wildman–Crippen LogP) is 5.42. The summed E-state index contributed by atoms with van der Waals surface area (Å²) in [5, 5.41) is 8.15. The zero-order valence-corrected chi connectivity index (χ0v) is 22.5. The van der Waals surface area contributed by atoms with Crippen molar-refractivity contribution in [2.45, 2.75) is 58.6 Å². The van der Waals surface area contributed by atoms with E-state index in [9.17, 15) is 4.79 Å². The van der Waals surface area contributed by atoms with E-state index in [1.807, 2.05) is 56.0 Å². The average Bonchev–Trinajstić information content (AvgIpc) is 3.63. The van der Waals surface area contributed by atoms with Crippen molar-refractivity contribution in [2.75, 3.05) is 19.0 Å². The van der Waals surface area contributed by atoms with E-state index in [4.69, 9.17) is 19.4 Å². The van der Waals surface area contributed by atoms with Gasteiger partial charge >= 0.3 is 0 Å². The number of nitrogens with one attached hydrogen (secondary N) is 1. The van der Waals surface area contributed by atoms with E-state index in [0.29, 0.717) is 12.2 Å². The van der Waals surface area contributed by atoms with E-state index in [-0.39, 0.29) is 17.9 Å². The molecule has 0 radical (unpaired) electrons. The maximum absolute atomic E-state index is 12.7. The van der Waals surface area contributed by atoms with Gasteiger partial charge in [0.2, 0.25) is 0 Å². The number of anilines is 2. The van der Waals surface area contributed by atoms with E-state index in [1.54, 1.807) is 7.11 Å². The average molecular weight is 515 g/mol. The first kappa shape index (κ1) is 24.6. The van der Waals surface area contributed by atoms with Gasteiger partial charge in [-0.15, -0.1) is 0 Å². The van der Waals surface area contributed by atoms with Gasteiger partial charge in [0.05, 0.1) is 29.9 Å². The van der Waals surface area contributed by atoms with Gasteiger partial charge in [-0.3, -0.25) is 14.0 Å². The minimum Gasteiger partial charge on any atom is -0.495 e. The smallest absolute Gasteiger partial charge is 0.164 e. The highest BCUT2D eigenvalue weighted by atomic mass is 16.5. The maximum atomic E-state index is 12.7. The molecule has 3 aromatic heterocycles. The number of ketones is 1. The number of carbonyl (C=O) groups is 1. The second-order valence-electron chi connectivity index (χ2n) is 10.5. The number of methoxy groups -OCH3 is 1. The Bertz CT molecular complexity index is 1510. The van der Waals surface area contributed by atoms with Crippen molar-refractivity contribution in [3.63, 3.8) is 0 Å². The molecule has 0 spiro atoms. The monoisotopic (exact) mass is 514 g/mol. The van der Waals surface area contributed by atoms with Crippen LogP contribution in [-0.4, -0.2) is 43.8 Å². The van der Waals surface area contributed by atoms with Crippen LogP contribution in [0, 0.1) is 19.8 Å². The van der Waals surface area contributed by atoms with Crippen molar-refractivity contribution in [3.8, 4) is 17.0 Å². The molecule has 38 heavy (non-hydrogen) atoms. The van der Waals surface area contributed by atoms with Crippen molar-refractivity contribution >= 4 is 28.3 Å². The van der Waals surface area contributed by atoms with Gasteiger partial charge in [-0.25, -0.2) is 9.97 Å². The van der Waals surface area contributed by atoms with Crippen LogP contribution >= 0.6 is 0 Å². The van der Waals surface area contributed by atoms with Gasteiger partial charge in [0, 0.05) is 37.8 Å². The summed E-state index contributed by atoms with van der Waals surface area (Å²) in [6, 6.07) is 7.98. The second-order valence-corrected chi connectivity index (χ2v) is 10.5. The van der Waals surface area contributed by atoms with Crippen LogP contribution in [0.1, 0.15) is 55.4 Å². The molecule has 2 fully saturated rings. The van der Waals surface area contributed by atoms with Crippen LogP contribution < -0.4 is 10.1 Å². The van der Waals surface area contributed by atoms with Crippen molar-refractivity contribution in [1.29, 1.82) is 0 Å². The number of ether oxygens (including phenoxy) is 2. The highest BCUT2D eigenvalue weighted by molar-refractivity contribution is 5.91. The molecular weight excluding hydrogens is 480 g/mol. The Labute approximate surface area is 222 Å². The van der Waals surface area contributed by atoms with Crippen LogP contribution in [0.25, 0.3) is 22.4 Å². The molecule has 0 amide bonds. The summed E-state index contributed by atoms with van der Waals surface area (Å²) in [6.07, 6.45) is 7.28. The number of fused-ring (bicyclic) bond motifs is 1. The third-order valence-corrected chi connectivity index (χ3v) is 7.47. The molecule has 1 N–H and O–H groups in total. The number of aromatic nitrogens is 5. The maximum Gasteiger partial charge on any atom is 0.164 e. The SMILES string of the molecule is COc1cc(-c2nn(C)cc2C)ccc1Nc1cc(CC(=O)C2CC2)nc2c1nc(C)n2C1CCCCO1. The molecule has 1 aliphatic heterocycles. The lowest BCUT2D eigenvalue weighted by molar-refractivity contribution is -0.119. The summed E-state index contributed by atoms with van der Waals surface area (Å²) in [4.78, 5) is 22.6. The number of hydrogen-bond donors (Lipinski definition) is 1. The molecule has 2 aliphatic rings. The Balaban J connectivity index is 1.41. The topological polar surface area (TPSA) is 96.1 Å². The van der Waals surface area contributed by atoms with Gasteiger partial charge in [-0.05, 0) is 69.7 Å². The second kappa shape index (κ2) is 9.87. The number of carbonyl (C=O) groups excluding carboxylic acids is 1. The third-order valence-electron chi connectivity index (χ3n) is 7.47. The van der Waals surface area contributed by atoms with Gasteiger partial charge in [0.15, 0.2) is 5.65 Å². The fraction of sp³-hybridized carbons (Fsp3) is 0.448. The van der Waals surface area contributed by atoms with Crippen LogP contribution in [0.3, 0.4) is 0 Å². The number of rotatable bonds is 8. The lowest BCUT2D eigenvalue weighted by atomic mass is 10.1. The molecular formula is C29H34N6O3. The molecule has 1 atom stereocenters. The lowest BCUT2D eigenvalue weighted by Gasteiger charge is -2.25. The Hall–Kier alpha value is -3.72. The van der Waals surface area contributed by atoms with E-state index in [2.05, 4.69) is 15.0 Å².